The Hall–Kier alpha value is -0.780. The Morgan fingerprint density at radius 2 is 2.20 bits per heavy atom. The number of aromatic nitrogens is 2. The van der Waals surface area contributed by atoms with Crippen LogP contribution in [0.25, 0.3) is 10.6 Å². The molecule has 78 valence electrons. The summed E-state index contributed by atoms with van der Waals surface area (Å²) in [6, 6.07) is 6.02. The van der Waals surface area contributed by atoms with Crippen LogP contribution < -0.4 is 5.73 Å². The smallest absolute Gasteiger partial charge is 0.142 e. The maximum absolute atomic E-state index is 5.54. The molecule has 0 radical (unpaired) electrons. The lowest BCUT2D eigenvalue weighted by Crippen LogP contribution is -2.04. The molecule has 2 aromatic heterocycles. The van der Waals surface area contributed by atoms with Crippen molar-refractivity contribution in [2.24, 2.45) is 5.73 Å². The molecule has 2 rings (SSSR count). The first-order valence-corrected chi connectivity index (χ1v) is 6.10. The molecule has 3 nitrogen and oxygen atoms in total. The second-order valence-electron chi connectivity index (χ2n) is 3.12. The normalized spacial score (nSPS) is 10.6. The minimum absolute atomic E-state index is 0.376. The molecule has 0 aliphatic carbocycles. The molecule has 0 bridgehead atoms. The van der Waals surface area contributed by atoms with E-state index in [1.807, 2.05) is 25.1 Å². The van der Waals surface area contributed by atoms with E-state index in [2.05, 4.69) is 25.9 Å². The molecule has 15 heavy (non-hydrogen) atoms. The molecule has 2 heterocycles. The highest BCUT2D eigenvalue weighted by molar-refractivity contribution is 9.11. The molecule has 0 spiro atoms. The quantitative estimate of drug-likeness (QED) is 0.922. The van der Waals surface area contributed by atoms with Gasteiger partial charge in [-0.1, -0.05) is 0 Å². The second-order valence-corrected chi connectivity index (χ2v) is 5.58. The minimum Gasteiger partial charge on any atom is -0.324 e. The van der Waals surface area contributed by atoms with Gasteiger partial charge in [0.25, 0.3) is 0 Å². The van der Waals surface area contributed by atoms with Gasteiger partial charge in [-0.15, -0.1) is 11.3 Å². The molecule has 2 aromatic rings. The Kier molecular flexibility index (Phi) is 3.14. The minimum atomic E-state index is 0.376. The highest BCUT2D eigenvalue weighted by atomic mass is 79.9. The van der Waals surface area contributed by atoms with Crippen LogP contribution in [0.4, 0.5) is 0 Å². The Balaban J connectivity index is 2.48. The van der Waals surface area contributed by atoms with E-state index in [0.717, 1.165) is 20.1 Å². The van der Waals surface area contributed by atoms with Crippen molar-refractivity contribution in [1.29, 1.82) is 0 Å². The molecule has 5 heteroatoms. The third-order valence-corrected chi connectivity index (χ3v) is 3.55. The van der Waals surface area contributed by atoms with E-state index in [1.54, 1.807) is 11.3 Å². The predicted octanol–water partition coefficient (Wildman–Crippen LogP) is 2.73. The number of hydrogen-bond donors (Lipinski definition) is 1. The molecule has 0 atom stereocenters. The summed E-state index contributed by atoms with van der Waals surface area (Å²) >= 11 is 5.09. The molecule has 0 amide bonds. The van der Waals surface area contributed by atoms with E-state index in [9.17, 15) is 0 Å². The number of halogens is 1. The number of nitrogens with zero attached hydrogens (tertiary/aromatic N) is 2. The van der Waals surface area contributed by atoms with Crippen LogP contribution >= 0.6 is 27.3 Å². The zero-order chi connectivity index (χ0) is 10.8. The van der Waals surface area contributed by atoms with Gasteiger partial charge in [0.1, 0.15) is 5.82 Å². The molecule has 0 unspecified atom stereocenters. The van der Waals surface area contributed by atoms with E-state index in [1.165, 1.54) is 0 Å². The first-order chi connectivity index (χ1) is 7.19. The van der Waals surface area contributed by atoms with E-state index < -0.39 is 0 Å². The van der Waals surface area contributed by atoms with E-state index in [4.69, 9.17) is 5.73 Å². The van der Waals surface area contributed by atoms with Crippen molar-refractivity contribution in [3.8, 4) is 10.6 Å². The van der Waals surface area contributed by atoms with Crippen LogP contribution in [0.1, 0.15) is 11.5 Å². The van der Waals surface area contributed by atoms with Gasteiger partial charge >= 0.3 is 0 Å². The van der Waals surface area contributed by atoms with Crippen LogP contribution in [0.5, 0.6) is 0 Å². The molecule has 0 saturated carbocycles. The van der Waals surface area contributed by atoms with Gasteiger partial charge in [0.05, 0.1) is 20.9 Å². The topological polar surface area (TPSA) is 51.8 Å². The van der Waals surface area contributed by atoms with Gasteiger partial charge in [0.2, 0.25) is 0 Å². The van der Waals surface area contributed by atoms with Gasteiger partial charge in [-0.05, 0) is 41.1 Å². The van der Waals surface area contributed by atoms with E-state index in [-0.39, 0.29) is 0 Å². The molecule has 0 aromatic carbocycles. The number of aryl methyl sites for hydroxylation is 1. The lowest BCUT2D eigenvalue weighted by molar-refractivity contribution is 0.895. The molecule has 0 aliphatic rings. The third-order valence-electron chi connectivity index (χ3n) is 1.91. The maximum Gasteiger partial charge on any atom is 0.142 e. The molecule has 0 aliphatic heterocycles. The first-order valence-electron chi connectivity index (χ1n) is 4.49. The lowest BCUT2D eigenvalue weighted by atomic mass is 10.3. The molecular formula is C10H10BrN3S. The molecule has 0 saturated heterocycles. The van der Waals surface area contributed by atoms with Crippen molar-refractivity contribution in [1.82, 2.24) is 9.97 Å². The van der Waals surface area contributed by atoms with E-state index >= 15 is 0 Å². The van der Waals surface area contributed by atoms with Gasteiger partial charge in [-0.25, -0.2) is 9.97 Å². The van der Waals surface area contributed by atoms with Crippen molar-refractivity contribution >= 4 is 27.3 Å². The average molecular weight is 284 g/mol. The van der Waals surface area contributed by atoms with Gasteiger partial charge in [-0.3, -0.25) is 0 Å². The van der Waals surface area contributed by atoms with E-state index in [0.29, 0.717) is 12.4 Å². The summed E-state index contributed by atoms with van der Waals surface area (Å²) in [5.74, 6) is 0.689. The Morgan fingerprint density at radius 1 is 1.40 bits per heavy atom. The largest absolute Gasteiger partial charge is 0.324 e. The summed E-state index contributed by atoms with van der Waals surface area (Å²) in [4.78, 5) is 9.76. The first kappa shape index (κ1) is 10.7. The maximum atomic E-state index is 5.54. The van der Waals surface area contributed by atoms with Crippen LogP contribution in [0.2, 0.25) is 0 Å². The summed E-state index contributed by atoms with van der Waals surface area (Å²) in [5, 5.41) is 0. The fourth-order valence-electron chi connectivity index (χ4n) is 1.30. The van der Waals surface area contributed by atoms with Crippen molar-refractivity contribution in [2.45, 2.75) is 13.5 Å². The van der Waals surface area contributed by atoms with Gasteiger partial charge in [0.15, 0.2) is 0 Å². The van der Waals surface area contributed by atoms with Crippen LogP contribution in [0, 0.1) is 6.92 Å². The summed E-state index contributed by atoms with van der Waals surface area (Å²) in [5.41, 5.74) is 7.43. The summed E-state index contributed by atoms with van der Waals surface area (Å²) in [6.07, 6.45) is 0. The average Bonchev–Trinajstić information content (AvgIpc) is 2.64. The Bertz CT molecular complexity index is 481. The van der Waals surface area contributed by atoms with Gasteiger partial charge in [-0.2, -0.15) is 0 Å². The monoisotopic (exact) mass is 283 g/mol. The SMILES string of the molecule is Cc1cc(-c2ccc(Br)s2)nc(CN)n1. The van der Waals surface area contributed by atoms with Crippen molar-refractivity contribution in [3.63, 3.8) is 0 Å². The Labute approximate surface area is 101 Å². The van der Waals surface area contributed by atoms with Gasteiger partial charge < -0.3 is 5.73 Å². The predicted molar refractivity (Wildman–Crippen MR) is 65.7 cm³/mol. The zero-order valence-corrected chi connectivity index (χ0v) is 10.6. The highest BCUT2D eigenvalue weighted by Crippen LogP contribution is 2.30. The summed E-state index contributed by atoms with van der Waals surface area (Å²) in [6.45, 7) is 2.33. The standard InChI is InChI=1S/C10H10BrN3S/c1-6-4-7(14-10(5-12)13-6)8-2-3-9(11)15-8/h2-4H,5,12H2,1H3. The number of thiophene rings is 1. The molecule has 0 fully saturated rings. The fraction of sp³-hybridized carbons (Fsp3) is 0.200. The zero-order valence-electron chi connectivity index (χ0n) is 8.20. The lowest BCUT2D eigenvalue weighted by Gasteiger charge is -2.01. The Morgan fingerprint density at radius 3 is 2.80 bits per heavy atom. The number of rotatable bonds is 2. The summed E-state index contributed by atoms with van der Waals surface area (Å²) < 4.78 is 1.10. The second kappa shape index (κ2) is 4.38. The van der Waals surface area contributed by atoms with Crippen LogP contribution in [-0.4, -0.2) is 9.97 Å². The molecule has 2 N–H and O–H groups in total. The van der Waals surface area contributed by atoms with Crippen molar-refractivity contribution < 1.29 is 0 Å². The summed E-state index contributed by atoms with van der Waals surface area (Å²) in [7, 11) is 0. The number of nitrogens with two attached hydrogens (primary N) is 1. The van der Waals surface area contributed by atoms with Crippen molar-refractivity contribution in [3.05, 3.63) is 33.5 Å². The highest BCUT2D eigenvalue weighted by Gasteiger charge is 2.05. The molecular weight excluding hydrogens is 274 g/mol. The van der Waals surface area contributed by atoms with Crippen molar-refractivity contribution in [2.75, 3.05) is 0 Å². The van der Waals surface area contributed by atoms with Gasteiger partial charge in [0, 0.05) is 5.69 Å². The van der Waals surface area contributed by atoms with Crippen LogP contribution in [-0.2, 0) is 6.54 Å². The fourth-order valence-corrected chi connectivity index (χ4v) is 2.65. The third kappa shape index (κ3) is 2.42. The number of hydrogen-bond acceptors (Lipinski definition) is 4. The van der Waals surface area contributed by atoms with Crippen LogP contribution in [0.15, 0.2) is 22.0 Å². The van der Waals surface area contributed by atoms with Crippen LogP contribution in [0.3, 0.4) is 0 Å².